The number of nitrogens with zero attached hydrogens (tertiary/aromatic N) is 4. The molecule has 0 saturated carbocycles. The maximum Gasteiger partial charge on any atom is 0.379 e. The first kappa shape index (κ1) is 18.2. The highest BCUT2D eigenvalue weighted by Gasteiger charge is 2.15. The molecular weight excluding hydrogens is 372 g/mol. The van der Waals surface area contributed by atoms with Crippen molar-refractivity contribution in [3.63, 3.8) is 0 Å². The molecule has 0 aliphatic rings. The van der Waals surface area contributed by atoms with Crippen molar-refractivity contribution >= 4 is 12.2 Å². The summed E-state index contributed by atoms with van der Waals surface area (Å²) in [7, 11) is 1.49. The normalized spacial score (nSPS) is 10.9. The Hall–Kier alpha value is -4.20. The van der Waals surface area contributed by atoms with Crippen LogP contribution in [0.25, 0.3) is 11.4 Å². The summed E-state index contributed by atoms with van der Waals surface area (Å²) in [6.45, 7) is 0. The largest absolute Gasteiger partial charge is 0.493 e. The number of benzene rings is 2. The van der Waals surface area contributed by atoms with Gasteiger partial charge in [0.15, 0.2) is 17.3 Å². The summed E-state index contributed by atoms with van der Waals surface area (Å²) in [6, 6.07) is 17.9. The van der Waals surface area contributed by atoms with Crippen molar-refractivity contribution < 1.29 is 18.7 Å². The lowest BCUT2D eigenvalue weighted by Gasteiger charge is -2.09. The molecule has 0 spiro atoms. The first-order valence-corrected chi connectivity index (χ1v) is 8.68. The van der Waals surface area contributed by atoms with E-state index in [9.17, 15) is 4.79 Å². The highest BCUT2D eigenvalue weighted by Crippen LogP contribution is 2.28. The molecule has 4 rings (SSSR count). The van der Waals surface area contributed by atoms with Crippen LogP contribution in [0.15, 0.2) is 82.8 Å². The molecule has 0 amide bonds. The Kier molecular flexibility index (Phi) is 5.15. The van der Waals surface area contributed by atoms with Crippen LogP contribution in [0.2, 0.25) is 0 Å². The van der Waals surface area contributed by atoms with Crippen molar-refractivity contribution in [3.05, 3.63) is 84.6 Å². The van der Waals surface area contributed by atoms with Crippen molar-refractivity contribution in [2.45, 2.75) is 0 Å². The van der Waals surface area contributed by atoms with E-state index in [1.54, 1.807) is 35.2 Å². The van der Waals surface area contributed by atoms with Gasteiger partial charge < -0.3 is 13.9 Å². The van der Waals surface area contributed by atoms with Crippen LogP contribution in [0.1, 0.15) is 16.1 Å². The maximum atomic E-state index is 12.1. The van der Waals surface area contributed by atoms with Gasteiger partial charge in [0.1, 0.15) is 6.33 Å². The number of aromatic nitrogens is 3. The third-order valence-corrected chi connectivity index (χ3v) is 4.01. The summed E-state index contributed by atoms with van der Waals surface area (Å²) in [5.74, 6) is 0.796. The fourth-order valence-corrected chi connectivity index (χ4v) is 2.61. The first-order valence-electron chi connectivity index (χ1n) is 8.68. The monoisotopic (exact) mass is 388 g/mol. The smallest absolute Gasteiger partial charge is 0.379 e. The van der Waals surface area contributed by atoms with Crippen molar-refractivity contribution in [1.29, 1.82) is 0 Å². The third kappa shape index (κ3) is 4.06. The summed E-state index contributed by atoms with van der Waals surface area (Å²) >= 11 is 0. The number of esters is 1. The molecule has 0 fully saturated rings. The zero-order valence-corrected chi connectivity index (χ0v) is 15.4. The molecule has 0 bridgehead atoms. The minimum absolute atomic E-state index is 0.110. The number of carbonyl (C=O) groups is 1. The van der Waals surface area contributed by atoms with Crippen LogP contribution >= 0.6 is 0 Å². The van der Waals surface area contributed by atoms with Crippen LogP contribution in [0.5, 0.6) is 11.5 Å². The molecule has 0 N–H and O–H groups in total. The molecule has 2 aromatic heterocycles. The van der Waals surface area contributed by atoms with Gasteiger partial charge in [-0.25, -0.2) is 4.79 Å². The van der Waals surface area contributed by atoms with E-state index in [-0.39, 0.29) is 11.5 Å². The molecule has 4 aromatic rings. The minimum Gasteiger partial charge on any atom is -0.493 e. The summed E-state index contributed by atoms with van der Waals surface area (Å²) in [6.07, 6.45) is 4.56. The van der Waals surface area contributed by atoms with Crippen LogP contribution in [0, 0.1) is 0 Å². The second-order valence-corrected chi connectivity index (χ2v) is 5.89. The Bertz CT molecular complexity index is 1130. The Balaban J connectivity index is 1.55. The number of hydrogen-bond acceptors (Lipinski definition) is 7. The Labute approximate surface area is 166 Å². The summed E-state index contributed by atoms with van der Waals surface area (Å²) in [4.78, 5) is 12.1. The van der Waals surface area contributed by atoms with Gasteiger partial charge in [-0.15, -0.1) is 10.2 Å². The summed E-state index contributed by atoms with van der Waals surface area (Å²) in [5.41, 5.74) is 1.65. The molecular formula is C21H16N4O4. The van der Waals surface area contributed by atoms with Gasteiger partial charge >= 0.3 is 5.97 Å². The van der Waals surface area contributed by atoms with Crippen molar-refractivity contribution in [3.8, 4) is 22.9 Å². The zero-order valence-electron chi connectivity index (χ0n) is 15.4. The highest BCUT2D eigenvalue weighted by molar-refractivity contribution is 5.89. The number of hydrogen-bond donors (Lipinski definition) is 0. The quantitative estimate of drug-likeness (QED) is 0.284. The standard InChI is InChI=1S/C21H16N4O4/c1-27-19-12-15(9-10-17(19)29-21(26)18-8-5-11-28-18)13-23-25-14-22-24-20(25)16-6-3-2-4-7-16/h2-14H,1H3/b23-13-. The molecule has 2 aromatic carbocycles. The van der Waals surface area contributed by atoms with Gasteiger partial charge in [0, 0.05) is 5.56 Å². The topological polar surface area (TPSA) is 91.7 Å². The summed E-state index contributed by atoms with van der Waals surface area (Å²) < 4.78 is 17.3. The lowest BCUT2D eigenvalue weighted by Crippen LogP contribution is -2.08. The van der Waals surface area contributed by atoms with Gasteiger partial charge in [-0.05, 0) is 35.9 Å². The molecule has 144 valence electrons. The van der Waals surface area contributed by atoms with E-state index in [1.807, 2.05) is 30.3 Å². The number of rotatable bonds is 6. The maximum absolute atomic E-state index is 12.1. The number of ether oxygens (including phenoxy) is 2. The van der Waals surface area contributed by atoms with Crippen LogP contribution < -0.4 is 9.47 Å². The average molecular weight is 388 g/mol. The van der Waals surface area contributed by atoms with E-state index in [2.05, 4.69) is 15.3 Å². The average Bonchev–Trinajstić information content (AvgIpc) is 3.46. The second-order valence-electron chi connectivity index (χ2n) is 5.89. The minimum atomic E-state index is -0.605. The Morgan fingerprint density at radius 2 is 1.97 bits per heavy atom. The van der Waals surface area contributed by atoms with Crippen LogP contribution in [0.4, 0.5) is 0 Å². The molecule has 2 heterocycles. The van der Waals surface area contributed by atoms with Gasteiger partial charge in [-0.2, -0.15) is 9.78 Å². The van der Waals surface area contributed by atoms with E-state index < -0.39 is 5.97 Å². The fraction of sp³-hybridized carbons (Fsp3) is 0.0476. The van der Waals surface area contributed by atoms with E-state index >= 15 is 0 Å². The van der Waals surface area contributed by atoms with E-state index in [0.717, 1.165) is 11.1 Å². The molecule has 8 nitrogen and oxygen atoms in total. The van der Waals surface area contributed by atoms with Crippen LogP contribution in [0.3, 0.4) is 0 Å². The lowest BCUT2D eigenvalue weighted by molar-refractivity contribution is 0.0696. The molecule has 0 aliphatic carbocycles. The van der Waals surface area contributed by atoms with Crippen molar-refractivity contribution in [1.82, 2.24) is 14.9 Å². The third-order valence-electron chi connectivity index (χ3n) is 4.01. The SMILES string of the molecule is COc1cc(/C=N\n2cnnc2-c2ccccc2)ccc1OC(=O)c1ccco1. The van der Waals surface area contributed by atoms with Gasteiger partial charge in [-0.3, -0.25) is 0 Å². The highest BCUT2D eigenvalue weighted by atomic mass is 16.6. The molecule has 0 saturated heterocycles. The van der Waals surface area contributed by atoms with Gasteiger partial charge in [0.2, 0.25) is 5.76 Å². The lowest BCUT2D eigenvalue weighted by atomic mass is 10.2. The Morgan fingerprint density at radius 3 is 2.72 bits per heavy atom. The molecule has 0 aliphatic heterocycles. The van der Waals surface area contributed by atoms with Gasteiger partial charge in [-0.1, -0.05) is 30.3 Å². The van der Waals surface area contributed by atoms with Gasteiger partial charge in [0.25, 0.3) is 0 Å². The predicted molar refractivity (Wildman–Crippen MR) is 105 cm³/mol. The number of methoxy groups -OCH3 is 1. The second kappa shape index (κ2) is 8.22. The van der Waals surface area contributed by atoms with E-state index in [4.69, 9.17) is 13.9 Å². The number of carbonyl (C=O) groups excluding carboxylic acids is 1. The van der Waals surface area contributed by atoms with Crippen LogP contribution in [-0.2, 0) is 0 Å². The van der Waals surface area contributed by atoms with Crippen LogP contribution in [-0.4, -0.2) is 34.2 Å². The molecule has 0 radical (unpaired) electrons. The van der Waals surface area contributed by atoms with E-state index in [0.29, 0.717) is 11.6 Å². The zero-order chi connectivity index (χ0) is 20.1. The van der Waals surface area contributed by atoms with E-state index in [1.165, 1.54) is 25.8 Å². The molecule has 8 heteroatoms. The number of furan rings is 1. The molecule has 29 heavy (non-hydrogen) atoms. The fourth-order valence-electron chi connectivity index (χ4n) is 2.61. The predicted octanol–water partition coefficient (Wildman–Crippen LogP) is 3.65. The Morgan fingerprint density at radius 1 is 1.10 bits per heavy atom. The molecule has 0 unspecified atom stereocenters. The molecule has 0 atom stereocenters. The summed E-state index contributed by atoms with van der Waals surface area (Å²) in [5, 5.41) is 12.4. The van der Waals surface area contributed by atoms with Crippen molar-refractivity contribution in [2.24, 2.45) is 5.10 Å². The van der Waals surface area contributed by atoms with Gasteiger partial charge in [0.05, 0.1) is 19.6 Å². The van der Waals surface area contributed by atoms with Crippen molar-refractivity contribution in [2.75, 3.05) is 7.11 Å². The first-order chi connectivity index (χ1) is 14.2.